The highest BCUT2D eigenvalue weighted by molar-refractivity contribution is 5.02. The van der Waals surface area contributed by atoms with Crippen LogP contribution in [-0.2, 0) is 14.2 Å². The molecule has 108 valence electrons. The summed E-state index contributed by atoms with van der Waals surface area (Å²) in [5.74, 6) is 0. The van der Waals surface area contributed by atoms with Crippen LogP contribution in [0.4, 0.5) is 0 Å². The van der Waals surface area contributed by atoms with Crippen molar-refractivity contribution in [2.24, 2.45) is 5.41 Å². The fourth-order valence-corrected chi connectivity index (χ4v) is 2.33. The Morgan fingerprint density at radius 3 is 2.61 bits per heavy atom. The molecule has 1 fully saturated rings. The lowest BCUT2D eigenvalue weighted by molar-refractivity contribution is -0.100. The highest BCUT2D eigenvalue weighted by Gasteiger charge is 2.48. The second-order valence-electron chi connectivity index (χ2n) is 5.46. The van der Waals surface area contributed by atoms with E-state index in [9.17, 15) is 5.11 Å². The molecular weight excluding hydrogens is 234 g/mol. The summed E-state index contributed by atoms with van der Waals surface area (Å²) in [4.78, 5) is 0. The van der Waals surface area contributed by atoms with E-state index >= 15 is 0 Å². The number of rotatable bonds is 9. The summed E-state index contributed by atoms with van der Waals surface area (Å²) >= 11 is 0. The van der Waals surface area contributed by atoms with Gasteiger partial charge in [0.1, 0.15) is 0 Å². The lowest BCUT2D eigenvalue weighted by Crippen LogP contribution is -2.61. The average Bonchev–Trinajstić information content (AvgIpc) is 2.33. The van der Waals surface area contributed by atoms with Crippen LogP contribution in [0.15, 0.2) is 0 Å². The largest absolute Gasteiger partial charge is 0.389 e. The van der Waals surface area contributed by atoms with E-state index in [0.717, 1.165) is 6.42 Å². The van der Waals surface area contributed by atoms with E-state index in [2.05, 4.69) is 19.2 Å². The number of hydrogen-bond acceptors (Lipinski definition) is 5. The van der Waals surface area contributed by atoms with Crippen molar-refractivity contribution >= 4 is 0 Å². The summed E-state index contributed by atoms with van der Waals surface area (Å²) in [6.45, 7) is 6.35. The molecule has 2 N–H and O–H groups in total. The third kappa shape index (κ3) is 4.17. The van der Waals surface area contributed by atoms with Gasteiger partial charge in [-0.25, -0.2) is 0 Å². The Labute approximate surface area is 110 Å². The van der Waals surface area contributed by atoms with Gasteiger partial charge in [0.15, 0.2) is 0 Å². The van der Waals surface area contributed by atoms with Crippen molar-refractivity contribution in [1.82, 2.24) is 5.32 Å². The second kappa shape index (κ2) is 7.40. The van der Waals surface area contributed by atoms with Gasteiger partial charge in [0.25, 0.3) is 0 Å². The van der Waals surface area contributed by atoms with Crippen LogP contribution in [0.3, 0.4) is 0 Å². The maximum Gasteiger partial charge on any atom is 0.0897 e. The smallest absolute Gasteiger partial charge is 0.0897 e. The predicted octanol–water partition coefficient (Wildman–Crippen LogP) is 0.413. The summed E-state index contributed by atoms with van der Waals surface area (Å²) in [6.07, 6.45) is 0.838. The molecular formula is C13H27NO4. The molecule has 1 aliphatic carbocycles. The van der Waals surface area contributed by atoms with Crippen LogP contribution < -0.4 is 5.32 Å². The van der Waals surface area contributed by atoms with Crippen LogP contribution in [0.5, 0.6) is 0 Å². The zero-order chi connectivity index (χ0) is 13.6. The lowest BCUT2D eigenvalue weighted by Gasteiger charge is -2.51. The minimum Gasteiger partial charge on any atom is -0.389 e. The Kier molecular flexibility index (Phi) is 6.52. The molecule has 0 bridgehead atoms. The van der Waals surface area contributed by atoms with Crippen LogP contribution in [0, 0.1) is 5.41 Å². The van der Waals surface area contributed by atoms with E-state index in [0.29, 0.717) is 38.5 Å². The van der Waals surface area contributed by atoms with Gasteiger partial charge < -0.3 is 24.6 Å². The molecule has 0 aliphatic heterocycles. The first-order valence-electron chi connectivity index (χ1n) is 6.53. The first-order valence-corrected chi connectivity index (χ1v) is 6.53. The molecule has 1 saturated carbocycles. The van der Waals surface area contributed by atoms with Crippen LogP contribution in [-0.4, -0.2) is 63.9 Å². The zero-order valence-electron chi connectivity index (χ0n) is 11.9. The van der Waals surface area contributed by atoms with Crippen LogP contribution in [0.25, 0.3) is 0 Å². The molecule has 0 heterocycles. The molecule has 0 amide bonds. The van der Waals surface area contributed by atoms with E-state index in [1.165, 1.54) is 0 Å². The topological polar surface area (TPSA) is 60.0 Å². The van der Waals surface area contributed by atoms with Gasteiger partial charge in [0, 0.05) is 32.2 Å². The fourth-order valence-electron chi connectivity index (χ4n) is 2.33. The van der Waals surface area contributed by atoms with E-state index in [1.54, 1.807) is 14.2 Å². The normalized spacial score (nSPS) is 27.8. The Morgan fingerprint density at radius 1 is 1.33 bits per heavy atom. The van der Waals surface area contributed by atoms with Gasteiger partial charge in [-0.3, -0.25) is 0 Å². The highest BCUT2D eigenvalue weighted by atomic mass is 16.5. The van der Waals surface area contributed by atoms with Crippen molar-refractivity contribution in [3.05, 3.63) is 0 Å². The molecule has 3 unspecified atom stereocenters. The summed E-state index contributed by atoms with van der Waals surface area (Å²) < 4.78 is 15.5. The molecule has 0 saturated heterocycles. The predicted molar refractivity (Wildman–Crippen MR) is 69.7 cm³/mol. The molecule has 1 rings (SSSR count). The molecule has 0 spiro atoms. The van der Waals surface area contributed by atoms with Crippen LogP contribution in [0.1, 0.15) is 20.3 Å². The van der Waals surface area contributed by atoms with Gasteiger partial charge in [0.2, 0.25) is 0 Å². The molecule has 0 aromatic heterocycles. The third-order valence-electron chi connectivity index (χ3n) is 3.80. The first-order chi connectivity index (χ1) is 8.52. The van der Waals surface area contributed by atoms with Gasteiger partial charge in [0.05, 0.1) is 32.0 Å². The number of aliphatic hydroxyl groups is 1. The third-order valence-corrected chi connectivity index (χ3v) is 3.80. The van der Waals surface area contributed by atoms with Crippen LogP contribution in [0.2, 0.25) is 0 Å². The van der Waals surface area contributed by atoms with Crippen molar-refractivity contribution in [2.75, 3.05) is 40.6 Å². The molecule has 0 aromatic rings. The summed E-state index contributed by atoms with van der Waals surface area (Å²) in [5.41, 5.74) is 0.130. The number of nitrogens with one attached hydrogen (secondary N) is 1. The van der Waals surface area contributed by atoms with Gasteiger partial charge in [-0.15, -0.1) is 0 Å². The standard InChI is InChI=1S/C13H27NO4/c1-13(2)11(7-12(13)17-4)14-8-10(15)9-18-6-5-16-3/h10-12,14-15H,5-9H2,1-4H3. The Hall–Kier alpha value is -0.200. The molecule has 5 heteroatoms. The van der Waals surface area contributed by atoms with Crippen molar-refractivity contribution in [1.29, 1.82) is 0 Å². The van der Waals surface area contributed by atoms with Crippen molar-refractivity contribution in [3.8, 4) is 0 Å². The van der Waals surface area contributed by atoms with Crippen LogP contribution >= 0.6 is 0 Å². The number of hydrogen-bond donors (Lipinski definition) is 2. The quantitative estimate of drug-likeness (QED) is 0.589. The highest BCUT2D eigenvalue weighted by Crippen LogP contribution is 2.42. The fraction of sp³-hybridized carbons (Fsp3) is 1.00. The van der Waals surface area contributed by atoms with Crippen molar-refractivity contribution in [2.45, 2.75) is 38.5 Å². The first kappa shape index (κ1) is 15.9. The Bertz CT molecular complexity index is 235. The molecule has 3 atom stereocenters. The average molecular weight is 261 g/mol. The molecule has 18 heavy (non-hydrogen) atoms. The molecule has 0 aromatic carbocycles. The lowest BCUT2D eigenvalue weighted by atomic mass is 9.64. The maximum absolute atomic E-state index is 9.75. The minimum absolute atomic E-state index is 0.130. The van der Waals surface area contributed by atoms with Gasteiger partial charge in [-0.1, -0.05) is 13.8 Å². The SMILES string of the molecule is COCCOCC(O)CNC1CC(OC)C1(C)C. The summed E-state index contributed by atoms with van der Waals surface area (Å²) in [7, 11) is 3.38. The zero-order valence-corrected chi connectivity index (χ0v) is 11.9. The van der Waals surface area contributed by atoms with E-state index in [-0.39, 0.29) is 5.41 Å². The van der Waals surface area contributed by atoms with Crippen molar-refractivity contribution in [3.63, 3.8) is 0 Å². The monoisotopic (exact) mass is 261 g/mol. The number of methoxy groups -OCH3 is 2. The van der Waals surface area contributed by atoms with Gasteiger partial charge >= 0.3 is 0 Å². The van der Waals surface area contributed by atoms with E-state index in [1.807, 2.05) is 0 Å². The molecule has 5 nitrogen and oxygen atoms in total. The summed E-state index contributed by atoms with van der Waals surface area (Å²) in [5, 5.41) is 13.1. The van der Waals surface area contributed by atoms with E-state index in [4.69, 9.17) is 14.2 Å². The van der Waals surface area contributed by atoms with E-state index < -0.39 is 6.10 Å². The van der Waals surface area contributed by atoms with Gasteiger partial charge in [-0.05, 0) is 6.42 Å². The maximum atomic E-state index is 9.75. The Morgan fingerprint density at radius 2 is 2.06 bits per heavy atom. The minimum atomic E-state index is -0.473. The summed E-state index contributed by atoms with van der Waals surface area (Å²) in [6, 6.07) is 0.399. The van der Waals surface area contributed by atoms with Crippen molar-refractivity contribution < 1.29 is 19.3 Å². The second-order valence-corrected chi connectivity index (χ2v) is 5.46. The number of aliphatic hydroxyl groups excluding tert-OH is 1. The molecule has 1 aliphatic rings. The molecule has 0 radical (unpaired) electrons. The van der Waals surface area contributed by atoms with Gasteiger partial charge in [-0.2, -0.15) is 0 Å². The number of ether oxygens (including phenoxy) is 3. The Balaban J connectivity index is 2.10.